The fraction of sp³-hybridized carbons (Fsp3) is 0.667. The summed E-state index contributed by atoms with van der Waals surface area (Å²) in [5.41, 5.74) is -0.422. The molecule has 0 bridgehead atoms. The SMILES string of the molecule is CC(CCNc1nccn(C(C)(C)C)c1=O)CCC(=O)O. The lowest BCUT2D eigenvalue weighted by atomic mass is 10.0. The summed E-state index contributed by atoms with van der Waals surface area (Å²) in [6.45, 7) is 8.51. The number of nitrogens with one attached hydrogen (secondary N) is 1. The molecule has 1 aromatic rings. The standard InChI is InChI=1S/C15H25N3O3/c1-11(5-6-12(19)20)7-8-16-13-14(21)18(10-9-17-13)15(2,3)4/h9-11H,5-8H2,1-4H3,(H,16,17)(H,19,20). The van der Waals surface area contributed by atoms with Gasteiger partial charge in [0.15, 0.2) is 5.82 Å². The highest BCUT2D eigenvalue weighted by Gasteiger charge is 2.16. The van der Waals surface area contributed by atoms with Crippen LogP contribution >= 0.6 is 0 Å². The van der Waals surface area contributed by atoms with Crippen molar-refractivity contribution in [2.45, 2.75) is 52.5 Å². The minimum atomic E-state index is -0.771. The van der Waals surface area contributed by atoms with Gasteiger partial charge < -0.3 is 15.0 Å². The van der Waals surface area contributed by atoms with E-state index >= 15 is 0 Å². The number of aliphatic carboxylic acids is 1. The van der Waals surface area contributed by atoms with Gasteiger partial charge in [-0.1, -0.05) is 6.92 Å². The Kier molecular flexibility index (Phi) is 5.93. The molecular weight excluding hydrogens is 270 g/mol. The van der Waals surface area contributed by atoms with E-state index in [-0.39, 0.29) is 17.5 Å². The Morgan fingerprint density at radius 2 is 2.10 bits per heavy atom. The fourth-order valence-electron chi connectivity index (χ4n) is 2.01. The molecule has 6 nitrogen and oxygen atoms in total. The largest absolute Gasteiger partial charge is 0.481 e. The molecule has 0 aliphatic rings. The van der Waals surface area contributed by atoms with Gasteiger partial charge in [-0.15, -0.1) is 0 Å². The Hall–Kier alpha value is -1.85. The van der Waals surface area contributed by atoms with Gasteiger partial charge in [-0.3, -0.25) is 9.59 Å². The number of nitrogens with zero attached hydrogens (tertiary/aromatic N) is 2. The first-order valence-electron chi connectivity index (χ1n) is 7.25. The quantitative estimate of drug-likeness (QED) is 0.806. The summed E-state index contributed by atoms with van der Waals surface area (Å²) >= 11 is 0. The summed E-state index contributed by atoms with van der Waals surface area (Å²) in [6.07, 6.45) is 4.93. The van der Waals surface area contributed by atoms with Gasteiger partial charge in [0.2, 0.25) is 0 Å². The number of carboxylic acid groups (broad SMARTS) is 1. The van der Waals surface area contributed by atoms with Crippen LogP contribution in [0.1, 0.15) is 47.0 Å². The lowest BCUT2D eigenvalue weighted by Crippen LogP contribution is -2.35. The van der Waals surface area contributed by atoms with E-state index in [9.17, 15) is 9.59 Å². The van der Waals surface area contributed by atoms with Crippen molar-refractivity contribution in [2.75, 3.05) is 11.9 Å². The van der Waals surface area contributed by atoms with Gasteiger partial charge >= 0.3 is 5.97 Å². The average Bonchev–Trinajstić information content (AvgIpc) is 2.37. The first-order valence-corrected chi connectivity index (χ1v) is 7.25. The van der Waals surface area contributed by atoms with E-state index in [1.54, 1.807) is 17.0 Å². The highest BCUT2D eigenvalue weighted by Crippen LogP contribution is 2.12. The molecule has 2 N–H and O–H groups in total. The van der Waals surface area contributed by atoms with Crippen LogP contribution in [0.3, 0.4) is 0 Å². The Morgan fingerprint density at radius 3 is 2.67 bits per heavy atom. The molecule has 0 spiro atoms. The summed E-state index contributed by atoms with van der Waals surface area (Å²) in [5.74, 6) is -0.132. The molecule has 0 aliphatic heterocycles. The predicted octanol–water partition coefficient (Wildman–Crippen LogP) is 2.30. The maximum Gasteiger partial charge on any atom is 0.303 e. The molecule has 1 unspecified atom stereocenters. The maximum absolute atomic E-state index is 12.3. The lowest BCUT2D eigenvalue weighted by molar-refractivity contribution is -0.137. The molecule has 1 heterocycles. The highest BCUT2D eigenvalue weighted by atomic mass is 16.4. The van der Waals surface area contributed by atoms with Crippen LogP contribution in [-0.4, -0.2) is 27.2 Å². The van der Waals surface area contributed by atoms with Crippen LogP contribution in [0, 0.1) is 5.92 Å². The molecule has 0 fully saturated rings. The molecule has 0 saturated carbocycles. The summed E-state index contributed by atoms with van der Waals surface area (Å²) in [4.78, 5) is 26.9. The number of carboxylic acids is 1. The van der Waals surface area contributed by atoms with Crippen molar-refractivity contribution in [3.63, 3.8) is 0 Å². The Labute approximate surface area is 125 Å². The van der Waals surface area contributed by atoms with Crippen molar-refractivity contribution in [3.05, 3.63) is 22.7 Å². The molecule has 0 aromatic carbocycles. The average molecular weight is 295 g/mol. The van der Waals surface area contributed by atoms with Crippen molar-refractivity contribution in [1.29, 1.82) is 0 Å². The first kappa shape index (κ1) is 17.2. The lowest BCUT2D eigenvalue weighted by Gasteiger charge is -2.22. The topological polar surface area (TPSA) is 84.2 Å². The first-order chi connectivity index (χ1) is 9.71. The Balaban J connectivity index is 2.57. The van der Waals surface area contributed by atoms with Gasteiger partial charge in [0.05, 0.1) is 0 Å². The second-order valence-electron chi connectivity index (χ2n) is 6.37. The zero-order valence-electron chi connectivity index (χ0n) is 13.2. The molecule has 0 aliphatic carbocycles. The number of carbonyl (C=O) groups is 1. The molecule has 0 saturated heterocycles. The van der Waals surface area contributed by atoms with Crippen LogP contribution in [0.15, 0.2) is 17.2 Å². The van der Waals surface area contributed by atoms with E-state index in [4.69, 9.17) is 5.11 Å². The third-order valence-corrected chi connectivity index (χ3v) is 3.34. The van der Waals surface area contributed by atoms with Gasteiger partial charge in [0, 0.05) is 30.9 Å². The zero-order chi connectivity index (χ0) is 16.0. The second-order valence-corrected chi connectivity index (χ2v) is 6.37. The van der Waals surface area contributed by atoms with Crippen molar-refractivity contribution < 1.29 is 9.90 Å². The number of rotatable bonds is 7. The van der Waals surface area contributed by atoms with E-state index in [0.717, 1.165) is 6.42 Å². The predicted molar refractivity (Wildman–Crippen MR) is 82.6 cm³/mol. The van der Waals surface area contributed by atoms with Crippen LogP contribution in [0.25, 0.3) is 0 Å². The smallest absolute Gasteiger partial charge is 0.303 e. The molecule has 1 atom stereocenters. The van der Waals surface area contributed by atoms with Gasteiger partial charge in [-0.25, -0.2) is 4.98 Å². The van der Waals surface area contributed by atoms with Crippen LogP contribution in [0.5, 0.6) is 0 Å². The van der Waals surface area contributed by atoms with Crippen molar-refractivity contribution in [1.82, 2.24) is 9.55 Å². The Bertz CT molecular complexity index is 532. The van der Waals surface area contributed by atoms with Crippen molar-refractivity contribution in [2.24, 2.45) is 5.92 Å². The van der Waals surface area contributed by atoms with Crippen LogP contribution in [0.4, 0.5) is 5.82 Å². The molecule has 1 aromatic heterocycles. The van der Waals surface area contributed by atoms with E-state index in [1.165, 1.54) is 0 Å². The van der Waals surface area contributed by atoms with Gasteiger partial charge in [-0.2, -0.15) is 0 Å². The van der Waals surface area contributed by atoms with Gasteiger partial charge in [0.25, 0.3) is 5.56 Å². The van der Waals surface area contributed by atoms with E-state index in [1.807, 2.05) is 27.7 Å². The van der Waals surface area contributed by atoms with E-state index in [2.05, 4.69) is 10.3 Å². The van der Waals surface area contributed by atoms with Crippen molar-refractivity contribution >= 4 is 11.8 Å². The van der Waals surface area contributed by atoms with Crippen LogP contribution < -0.4 is 10.9 Å². The molecule has 118 valence electrons. The zero-order valence-corrected chi connectivity index (χ0v) is 13.2. The van der Waals surface area contributed by atoms with E-state index < -0.39 is 5.97 Å². The van der Waals surface area contributed by atoms with Crippen molar-refractivity contribution in [3.8, 4) is 0 Å². The number of hydrogen-bond donors (Lipinski definition) is 2. The molecule has 1 rings (SSSR count). The number of aromatic nitrogens is 2. The minimum Gasteiger partial charge on any atom is -0.481 e. The van der Waals surface area contributed by atoms with E-state index in [0.29, 0.717) is 24.7 Å². The fourth-order valence-corrected chi connectivity index (χ4v) is 2.01. The number of hydrogen-bond acceptors (Lipinski definition) is 4. The van der Waals surface area contributed by atoms with Crippen LogP contribution in [-0.2, 0) is 10.3 Å². The minimum absolute atomic E-state index is 0.136. The molecule has 21 heavy (non-hydrogen) atoms. The summed E-state index contributed by atoms with van der Waals surface area (Å²) in [6, 6.07) is 0. The molecule has 6 heteroatoms. The highest BCUT2D eigenvalue weighted by molar-refractivity contribution is 5.66. The van der Waals surface area contributed by atoms with Crippen LogP contribution in [0.2, 0.25) is 0 Å². The monoisotopic (exact) mass is 295 g/mol. The summed E-state index contributed by atoms with van der Waals surface area (Å²) in [5, 5.41) is 11.7. The summed E-state index contributed by atoms with van der Waals surface area (Å²) in [7, 11) is 0. The third kappa shape index (κ3) is 5.57. The Morgan fingerprint density at radius 1 is 1.43 bits per heavy atom. The molecule has 0 radical (unpaired) electrons. The van der Waals surface area contributed by atoms with Gasteiger partial charge in [0.1, 0.15) is 0 Å². The maximum atomic E-state index is 12.3. The van der Waals surface area contributed by atoms with Gasteiger partial charge in [-0.05, 0) is 39.5 Å². The summed E-state index contributed by atoms with van der Waals surface area (Å²) < 4.78 is 1.65. The molecule has 0 amide bonds. The second kappa shape index (κ2) is 7.24. The normalized spacial score (nSPS) is 13.0. The molecular formula is C15H25N3O3. The third-order valence-electron chi connectivity index (χ3n) is 3.34. The number of anilines is 1.